The van der Waals surface area contributed by atoms with Gasteiger partial charge in [0.05, 0.1) is 36.0 Å². The van der Waals surface area contributed by atoms with E-state index in [1.165, 1.54) is 46.8 Å². The summed E-state index contributed by atoms with van der Waals surface area (Å²) < 4.78 is 27.0. The topological polar surface area (TPSA) is 114 Å². The van der Waals surface area contributed by atoms with Crippen LogP contribution >= 0.6 is 11.6 Å². The van der Waals surface area contributed by atoms with E-state index in [0.717, 1.165) is 4.90 Å². The fraction of sp³-hybridized carbons (Fsp3) is 0.316. The minimum atomic E-state index is -3.61. The minimum Gasteiger partial charge on any atom is -0.323 e. The molecule has 2 aromatic carbocycles. The first-order chi connectivity index (χ1) is 14.2. The van der Waals surface area contributed by atoms with Crippen LogP contribution in [0.15, 0.2) is 53.4 Å². The Morgan fingerprint density at radius 2 is 1.83 bits per heavy atom. The van der Waals surface area contributed by atoms with Gasteiger partial charge in [0.2, 0.25) is 10.0 Å². The number of carbonyl (C=O) groups excluding carboxylic acids is 1. The van der Waals surface area contributed by atoms with Crippen molar-refractivity contribution >= 4 is 38.9 Å². The van der Waals surface area contributed by atoms with E-state index in [-0.39, 0.29) is 29.6 Å². The van der Waals surface area contributed by atoms with Crippen molar-refractivity contribution in [3.05, 3.63) is 63.7 Å². The third-order valence-electron chi connectivity index (χ3n) is 5.15. The third-order valence-corrected chi connectivity index (χ3v) is 7.31. The molecule has 11 heteroatoms. The Balaban J connectivity index is 1.60. The molecule has 1 aliphatic heterocycles. The zero-order valence-electron chi connectivity index (χ0n) is 16.2. The van der Waals surface area contributed by atoms with E-state index < -0.39 is 21.0 Å². The van der Waals surface area contributed by atoms with Gasteiger partial charge >= 0.3 is 0 Å². The van der Waals surface area contributed by atoms with E-state index in [2.05, 4.69) is 5.32 Å². The average Bonchev–Trinajstić information content (AvgIpc) is 2.73. The molecule has 2 N–H and O–H groups in total. The molecule has 1 amide bonds. The second-order valence-corrected chi connectivity index (χ2v) is 9.41. The van der Waals surface area contributed by atoms with Crippen molar-refractivity contribution < 1.29 is 23.0 Å². The number of sulfonamides is 1. The summed E-state index contributed by atoms with van der Waals surface area (Å²) in [6.45, 7) is 3.27. The number of anilines is 1. The summed E-state index contributed by atoms with van der Waals surface area (Å²) in [6, 6.07) is 11.3. The van der Waals surface area contributed by atoms with Crippen LogP contribution in [0, 0.1) is 10.1 Å². The fourth-order valence-corrected chi connectivity index (χ4v) is 4.90. The maximum Gasteiger partial charge on any atom is 0.282 e. The number of non-ortho nitro benzene ring substituents is 1. The monoisotopic (exact) mass is 453 g/mol. The smallest absolute Gasteiger partial charge is 0.282 e. The molecule has 1 aliphatic rings. The molecular formula is C19H22ClN4O5S+. The molecule has 0 spiro atoms. The van der Waals surface area contributed by atoms with E-state index in [0.29, 0.717) is 23.8 Å². The van der Waals surface area contributed by atoms with Gasteiger partial charge in [-0.05, 0) is 37.3 Å². The quantitative estimate of drug-likeness (QED) is 0.503. The lowest BCUT2D eigenvalue weighted by Gasteiger charge is -2.34. The highest BCUT2D eigenvalue weighted by Crippen LogP contribution is 2.19. The summed E-state index contributed by atoms with van der Waals surface area (Å²) >= 11 is 5.83. The summed E-state index contributed by atoms with van der Waals surface area (Å²) in [5.74, 6) is -0.278. The molecular weight excluding hydrogens is 432 g/mol. The molecule has 0 aromatic heterocycles. The third kappa shape index (κ3) is 4.96. The number of nitrogens with one attached hydrogen (secondary N) is 2. The van der Waals surface area contributed by atoms with Crippen molar-refractivity contribution in [2.24, 2.45) is 0 Å². The number of benzene rings is 2. The molecule has 1 saturated heterocycles. The van der Waals surface area contributed by atoms with Gasteiger partial charge in [0.1, 0.15) is 0 Å². The maximum absolute atomic E-state index is 12.8. The Labute approximate surface area is 179 Å². The highest BCUT2D eigenvalue weighted by atomic mass is 35.5. The number of nitro groups is 1. The number of hydrogen-bond acceptors (Lipinski definition) is 5. The molecule has 1 fully saturated rings. The van der Waals surface area contributed by atoms with Crippen LogP contribution in [-0.2, 0) is 14.8 Å². The Morgan fingerprint density at radius 3 is 2.43 bits per heavy atom. The maximum atomic E-state index is 12.8. The number of nitrogens with zero attached hydrogens (tertiary/aromatic N) is 2. The average molecular weight is 454 g/mol. The first-order valence-corrected chi connectivity index (χ1v) is 11.2. The normalized spacial score (nSPS) is 16.7. The number of quaternary nitrogens is 1. The number of hydrogen-bond donors (Lipinski definition) is 2. The Kier molecular flexibility index (Phi) is 6.71. The molecule has 30 heavy (non-hydrogen) atoms. The molecule has 3 rings (SSSR count). The van der Waals surface area contributed by atoms with Crippen LogP contribution in [0.2, 0.25) is 5.02 Å². The van der Waals surface area contributed by atoms with Crippen LogP contribution in [0.3, 0.4) is 0 Å². The number of nitro benzene ring substituents is 1. The van der Waals surface area contributed by atoms with E-state index >= 15 is 0 Å². The van der Waals surface area contributed by atoms with Crippen molar-refractivity contribution in [2.75, 3.05) is 31.5 Å². The van der Waals surface area contributed by atoms with Crippen LogP contribution in [0.4, 0.5) is 11.4 Å². The molecule has 0 unspecified atom stereocenters. The first kappa shape index (κ1) is 22.2. The number of piperazine rings is 1. The van der Waals surface area contributed by atoms with E-state index in [1.54, 1.807) is 13.0 Å². The van der Waals surface area contributed by atoms with Crippen LogP contribution < -0.4 is 10.2 Å². The number of halogens is 1. The van der Waals surface area contributed by atoms with Crippen molar-refractivity contribution in [1.82, 2.24) is 4.31 Å². The van der Waals surface area contributed by atoms with Crippen molar-refractivity contribution in [3.8, 4) is 0 Å². The lowest BCUT2D eigenvalue weighted by atomic mass is 10.2. The molecule has 9 nitrogen and oxygen atoms in total. The van der Waals surface area contributed by atoms with Crippen molar-refractivity contribution in [3.63, 3.8) is 0 Å². The van der Waals surface area contributed by atoms with Crippen LogP contribution in [0.25, 0.3) is 0 Å². The van der Waals surface area contributed by atoms with Gasteiger partial charge in [-0.1, -0.05) is 17.7 Å². The Morgan fingerprint density at radius 1 is 1.20 bits per heavy atom. The number of amides is 1. The van der Waals surface area contributed by atoms with E-state index in [1.807, 2.05) is 0 Å². The molecule has 0 radical (unpaired) electrons. The number of rotatable bonds is 6. The molecule has 160 valence electrons. The van der Waals surface area contributed by atoms with Gasteiger partial charge in [0, 0.05) is 22.8 Å². The molecule has 2 aromatic rings. The van der Waals surface area contributed by atoms with Crippen LogP contribution in [0.5, 0.6) is 0 Å². The Bertz CT molecular complexity index is 1040. The van der Waals surface area contributed by atoms with Crippen LogP contribution in [0.1, 0.15) is 6.92 Å². The predicted octanol–water partition coefficient (Wildman–Crippen LogP) is 1.16. The van der Waals surface area contributed by atoms with Gasteiger partial charge in [-0.25, -0.2) is 8.42 Å². The van der Waals surface area contributed by atoms with E-state index in [9.17, 15) is 23.3 Å². The molecule has 0 aliphatic carbocycles. The molecule has 0 saturated carbocycles. The Hall–Kier alpha value is -2.53. The summed E-state index contributed by atoms with van der Waals surface area (Å²) in [6.07, 6.45) is 0. The van der Waals surface area contributed by atoms with Gasteiger partial charge in [0.25, 0.3) is 11.6 Å². The second kappa shape index (κ2) is 9.09. The van der Waals surface area contributed by atoms with Crippen molar-refractivity contribution in [1.29, 1.82) is 0 Å². The van der Waals surface area contributed by atoms with Gasteiger partial charge in [0.15, 0.2) is 6.04 Å². The standard InChI is InChI=1S/C19H21ClN4O5S/c1-14(19(25)21-16-3-2-4-17(13-16)24(26)27)22-9-11-23(12-10-22)30(28,29)18-7-5-15(20)6-8-18/h2-8,13-14H,9-12H2,1H3,(H,21,25)/p+1/t14-/m1/s1. The molecule has 1 heterocycles. The fourth-order valence-electron chi connectivity index (χ4n) is 3.34. The highest BCUT2D eigenvalue weighted by molar-refractivity contribution is 7.89. The van der Waals surface area contributed by atoms with Crippen molar-refractivity contribution in [2.45, 2.75) is 17.9 Å². The summed E-state index contributed by atoms with van der Waals surface area (Å²) in [4.78, 5) is 24.1. The SMILES string of the molecule is C[C@H](C(=O)Nc1cccc([N+](=O)[O-])c1)[NH+]1CCN(S(=O)(=O)c2ccc(Cl)cc2)CC1. The number of carbonyl (C=O) groups is 1. The zero-order chi connectivity index (χ0) is 21.9. The zero-order valence-corrected chi connectivity index (χ0v) is 17.8. The first-order valence-electron chi connectivity index (χ1n) is 9.34. The summed E-state index contributed by atoms with van der Waals surface area (Å²) in [5, 5.41) is 14.0. The molecule has 0 bridgehead atoms. The minimum absolute atomic E-state index is 0.103. The lowest BCUT2D eigenvalue weighted by Crippen LogP contribution is -3.19. The van der Waals surface area contributed by atoms with Gasteiger partial charge in [-0.2, -0.15) is 4.31 Å². The highest BCUT2D eigenvalue weighted by Gasteiger charge is 2.34. The lowest BCUT2D eigenvalue weighted by molar-refractivity contribution is -0.917. The van der Waals surface area contributed by atoms with Gasteiger partial charge in [-0.3, -0.25) is 14.9 Å². The second-order valence-electron chi connectivity index (χ2n) is 7.03. The van der Waals surface area contributed by atoms with Gasteiger partial charge in [-0.15, -0.1) is 0 Å². The summed E-state index contributed by atoms with van der Waals surface area (Å²) in [5.41, 5.74) is 0.248. The predicted molar refractivity (Wildman–Crippen MR) is 112 cm³/mol. The largest absolute Gasteiger partial charge is 0.323 e. The molecule has 1 atom stereocenters. The van der Waals surface area contributed by atoms with Gasteiger partial charge < -0.3 is 10.2 Å². The summed E-state index contributed by atoms with van der Waals surface area (Å²) in [7, 11) is -3.61. The van der Waals surface area contributed by atoms with E-state index in [4.69, 9.17) is 11.6 Å². The van der Waals surface area contributed by atoms with Crippen LogP contribution in [-0.4, -0.2) is 55.8 Å².